The molecular formula is C12H10FNOS. The van der Waals surface area contributed by atoms with Gasteiger partial charge in [0, 0.05) is 5.38 Å². The van der Waals surface area contributed by atoms with Crippen molar-refractivity contribution in [1.82, 2.24) is 0 Å². The molecule has 0 saturated heterocycles. The van der Waals surface area contributed by atoms with Crippen molar-refractivity contribution in [3.8, 4) is 0 Å². The van der Waals surface area contributed by atoms with Crippen molar-refractivity contribution in [3.05, 3.63) is 52.5 Å². The SMILES string of the molecule is O=C(Cc1cccc(F)c1)Nc1ccsc1. The van der Waals surface area contributed by atoms with E-state index >= 15 is 0 Å². The number of thiophene rings is 1. The topological polar surface area (TPSA) is 29.1 Å². The Balaban J connectivity index is 1.97. The Morgan fingerprint density at radius 3 is 2.94 bits per heavy atom. The fraction of sp³-hybridized carbons (Fsp3) is 0.0833. The van der Waals surface area contributed by atoms with Gasteiger partial charge < -0.3 is 5.32 Å². The number of amides is 1. The third-order valence-corrected chi connectivity index (χ3v) is 2.74. The lowest BCUT2D eigenvalue weighted by Gasteiger charge is -2.02. The summed E-state index contributed by atoms with van der Waals surface area (Å²) in [5.41, 5.74) is 1.46. The first-order valence-corrected chi connectivity index (χ1v) is 5.75. The lowest BCUT2D eigenvalue weighted by atomic mass is 10.1. The highest BCUT2D eigenvalue weighted by atomic mass is 32.1. The van der Waals surface area contributed by atoms with Gasteiger partial charge in [0.1, 0.15) is 5.82 Å². The van der Waals surface area contributed by atoms with Crippen molar-refractivity contribution in [2.75, 3.05) is 5.32 Å². The molecule has 2 rings (SSSR count). The van der Waals surface area contributed by atoms with Crippen LogP contribution in [0.2, 0.25) is 0 Å². The lowest BCUT2D eigenvalue weighted by molar-refractivity contribution is -0.115. The third kappa shape index (κ3) is 2.90. The van der Waals surface area contributed by atoms with Crippen molar-refractivity contribution in [2.24, 2.45) is 0 Å². The van der Waals surface area contributed by atoms with Crippen LogP contribution in [0.25, 0.3) is 0 Å². The van der Waals surface area contributed by atoms with Gasteiger partial charge in [0.25, 0.3) is 0 Å². The molecule has 2 aromatic rings. The summed E-state index contributed by atoms with van der Waals surface area (Å²) in [5.74, 6) is -0.454. The van der Waals surface area contributed by atoms with E-state index in [1.807, 2.05) is 16.8 Å². The summed E-state index contributed by atoms with van der Waals surface area (Å²) < 4.78 is 12.9. The standard InChI is InChI=1S/C12H10FNOS/c13-10-3-1-2-9(6-10)7-12(15)14-11-4-5-16-8-11/h1-6,8H,7H2,(H,14,15). The van der Waals surface area contributed by atoms with E-state index in [1.165, 1.54) is 23.5 Å². The summed E-state index contributed by atoms with van der Waals surface area (Å²) in [4.78, 5) is 11.6. The van der Waals surface area contributed by atoms with Gasteiger partial charge in [-0.15, -0.1) is 0 Å². The van der Waals surface area contributed by atoms with Crippen LogP contribution in [-0.2, 0) is 11.2 Å². The molecule has 4 heteroatoms. The summed E-state index contributed by atoms with van der Waals surface area (Å²) in [6, 6.07) is 7.89. The fourth-order valence-corrected chi connectivity index (χ4v) is 1.96. The second kappa shape index (κ2) is 4.90. The fourth-order valence-electron chi connectivity index (χ4n) is 1.37. The molecule has 1 N–H and O–H groups in total. The molecule has 0 aliphatic heterocycles. The van der Waals surface area contributed by atoms with Crippen LogP contribution >= 0.6 is 11.3 Å². The third-order valence-electron chi connectivity index (χ3n) is 2.06. The monoisotopic (exact) mass is 235 g/mol. The maximum atomic E-state index is 12.9. The maximum Gasteiger partial charge on any atom is 0.228 e. The van der Waals surface area contributed by atoms with Crippen LogP contribution in [0.15, 0.2) is 41.1 Å². The second-order valence-electron chi connectivity index (χ2n) is 3.37. The van der Waals surface area contributed by atoms with Gasteiger partial charge in [0.2, 0.25) is 5.91 Å². The summed E-state index contributed by atoms with van der Waals surface area (Å²) in [6.45, 7) is 0. The van der Waals surface area contributed by atoms with Gasteiger partial charge in [0.05, 0.1) is 12.1 Å². The Kier molecular flexibility index (Phi) is 3.31. The summed E-state index contributed by atoms with van der Waals surface area (Å²) >= 11 is 1.52. The Morgan fingerprint density at radius 1 is 1.38 bits per heavy atom. The van der Waals surface area contributed by atoms with Crippen LogP contribution in [0.4, 0.5) is 10.1 Å². The number of carbonyl (C=O) groups is 1. The number of hydrogen-bond acceptors (Lipinski definition) is 2. The van der Waals surface area contributed by atoms with Crippen molar-refractivity contribution < 1.29 is 9.18 Å². The molecule has 0 atom stereocenters. The Hall–Kier alpha value is -1.68. The van der Waals surface area contributed by atoms with Gasteiger partial charge in [-0.1, -0.05) is 12.1 Å². The van der Waals surface area contributed by atoms with Gasteiger partial charge in [-0.3, -0.25) is 4.79 Å². The van der Waals surface area contributed by atoms with Gasteiger partial charge in [-0.25, -0.2) is 4.39 Å². The summed E-state index contributed by atoms with van der Waals surface area (Å²) in [7, 11) is 0. The Bertz CT molecular complexity index is 482. The molecule has 1 aromatic carbocycles. The quantitative estimate of drug-likeness (QED) is 0.870. The van der Waals surface area contributed by atoms with E-state index in [2.05, 4.69) is 5.32 Å². The molecule has 1 aromatic heterocycles. The van der Waals surface area contributed by atoms with Crippen LogP contribution in [0.3, 0.4) is 0 Å². The number of nitrogens with one attached hydrogen (secondary N) is 1. The Labute approximate surface area is 96.7 Å². The van der Waals surface area contributed by atoms with Gasteiger partial charge >= 0.3 is 0 Å². The van der Waals surface area contributed by atoms with Crippen LogP contribution in [-0.4, -0.2) is 5.91 Å². The molecule has 0 fully saturated rings. The summed E-state index contributed by atoms with van der Waals surface area (Å²) in [5, 5.41) is 6.48. The smallest absolute Gasteiger partial charge is 0.228 e. The predicted molar refractivity (Wildman–Crippen MR) is 63.1 cm³/mol. The molecule has 0 spiro atoms. The first-order chi connectivity index (χ1) is 7.74. The number of carbonyl (C=O) groups excluding carboxylic acids is 1. The first kappa shape index (κ1) is 10.8. The number of halogens is 1. The van der Waals surface area contributed by atoms with Crippen LogP contribution in [0.1, 0.15) is 5.56 Å². The van der Waals surface area contributed by atoms with Gasteiger partial charge in [0.15, 0.2) is 0 Å². The highest BCUT2D eigenvalue weighted by Gasteiger charge is 2.04. The molecule has 0 bridgehead atoms. The minimum absolute atomic E-state index is 0.135. The molecule has 0 unspecified atom stereocenters. The zero-order valence-electron chi connectivity index (χ0n) is 8.44. The van der Waals surface area contributed by atoms with E-state index < -0.39 is 0 Å². The summed E-state index contributed by atoms with van der Waals surface area (Å²) in [6.07, 6.45) is 0.188. The largest absolute Gasteiger partial charge is 0.325 e. The molecular weight excluding hydrogens is 225 g/mol. The lowest BCUT2D eigenvalue weighted by Crippen LogP contribution is -2.13. The molecule has 2 nitrogen and oxygen atoms in total. The molecule has 0 aliphatic rings. The van der Waals surface area contributed by atoms with Crippen LogP contribution < -0.4 is 5.32 Å². The normalized spacial score (nSPS) is 10.1. The van der Waals surface area contributed by atoms with Gasteiger partial charge in [-0.05, 0) is 29.1 Å². The minimum atomic E-state index is -0.319. The number of anilines is 1. The van der Waals surface area contributed by atoms with E-state index in [4.69, 9.17) is 0 Å². The van der Waals surface area contributed by atoms with E-state index in [1.54, 1.807) is 12.1 Å². The molecule has 16 heavy (non-hydrogen) atoms. The Morgan fingerprint density at radius 2 is 2.25 bits per heavy atom. The number of hydrogen-bond donors (Lipinski definition) is 1. The van der Waals surface area contributed by atoms with E-state index in [0.717, 1.165) is 5.69 Å². The van der Waals surface area contributed by atoms with Gasteiger partial charge in [-0.2, -0.15) is 11.3 Å². The zero-order valence-corrected chi connectivity index (χ0v) is 9.26. The molecule has 82 valence electrons. The van der Waals surface area contributed by atoms with Crippen LogP contribution in [0.5, 0.6) is 0 Å². The second-order valence-corrected chi connectivity index (χ2v) is 4.15. The molecule has 0 saturated carbocycles. The highest BCUT2D eigenvalue weighted by molar-refractivity contribution is 7.08. The molecule has 0 aliphatic carbocycles. The van der Waals surface area contributed by atoms with Crippen LogP contribution in [0, 0.1) is 5.82 Å². The predicted octanol–water partition coefficient (Wildman–Crippen LogP) is 3.07. The van der Waals surface area contributed by atoms with E-state index in [0.29, 0.717) is 5.56 Å². The van der Waals surface area contributed by atoms with Crippen molar-refractivity contribution in [1.29, 1.82) is 0 Å². The van der Waals surface area contributed by atoms with Crippen molar-refractivity contribution in [2.45, 2.75) is 6.42 Å². The van der Waals surface area contributed by atoms with Crippen molar-refractivity contribution >= 4 is 22.9 Å². The average molecular weight is 235 g/mol. The van der Waals surface area contributed by atoms with E-state index in [9.17, 15) is 9.18 Å². The van der Waals surface area contributed by atoms with Crippen molar-refractivity contribution in [3.63, 3.8) is 0 Å². The average Bonchev–Trinajstić information content (AvgIpc) is 2.70. The molecule has 1 heterocycles. The molecule has 0 radical (unpaired) electrons. The van der Waals surface area contributed by atoms with E-state index in [-0.39, 0.29) is 18.1 Å². The molecule has 1 amide bonds. The zero-order chi connectivity index (χ0) is 11.4. The first-order valence-electron chi connectivity index (χ1n) is 4.80. The minimum Gasteiger partial charge on any atom is -0.325 e. The highest BCUT2D eigenvalue weighted by Crippen LogP contribution is 2.12. The maximum absolute atomic E-state index is 12.9. The number of rotatable bonds is 3. The number of benzene rings is 1.